The van der Waals surface area contributed by atoms with Crippen molar-refractivity contribution < 1.29 is 9.59 Å². The van der Waals surface area contributed by atoms with E-state index in [9.17, 15) is 9.59 Å². The molecule has 1 aliphatic rings. The van der Waals surface area contributed by atoms with Crippen molar-refractivity contribution in [2.24, 2.45) is 0 Å². The third-order valence-corrected chi connectivity index (χ3v) is 5.66. The Labute approximate surface area is 153 Å². The summed E-state index contributed by atoms with van der Waals surface area (Å²) in [4.78, 5) is 25.1. The molecule has 2 aromatic rings. The summed E-state index contributed by atoms with van der Waals surface area (Å²) in [5, 5.41) is 11.3. The van der Waals surface area contributed by atoms with E-state index in [4.69, 9.17) is 5.84 Å². The van der Waals surface area contributed by atoms with Crippen molar-refractivity contribution >= 4 is 35.5 Å². The smallest absolute Gasteiger partial charge is 0.324 e. The van der Waals surface area contributed by atoms with E-state index in [-0.39, 0.29) is 11.9 Å². The molecule has 1 saturated heterocycles. The molecule has 0 saturated carbocycles. The van der Waals surface area contributed by atoms with Crippen LogP contribution in [0.2, 0.25) is 0 Å². The molecule has 3 amide bonds. The quantitative estimate of drug-likeness (QED) is 0.577. The maximum absolute atomic E-state index is 12.3. The van der Waals surface area contributed by atoms with Crippen LogP contribution in [0.3, 0.4) is 0 Å². The molecule has 8 nitrogen and oxygen atoms in total. The van der Waals surface area contributed by atoms with Gasteiger partial charge in [0.1, 0.15) is 0 Å². The van der Waals surface area contributed by atoms with Gasteiger partial charge in [-0.3, -0.25) is 9.69 Å². The summed E-state index contributed by atoms with van der Waals surface area (Å²) in [6.07, 6.45) is 0. The average molecular weight is 378 g/mol. The fourth-order valence-electron chi connectivity index (χ4n) is 2.27. The van der Waals surface area contributed by atoms with Gasteiger partial charge >= 0.3 is 6.03 Å². The molecule has 1 atom stereocenters. The van der Waals surface area contributed by atoms with Crippen LogP contribution in [-0.4, -0.2) is 50.1 Å². The molecule has 1 aliphatic heterocycles. The summed E-state index contributed by atoms with van der Waals surface area (Å²) in [5.74, 6) is 6.51. The summed E-state index contributed by atoms with van der Waals surface area (Å²) in [7, 11) is 0. The Morgan fingerprint density at radius 1 is 1.32 bits per heavy atom. The van der Waals surface area contributed by atoms with Gasteiger partial charge in [-0.2, -0.15) is 0 Å². The van der Waals surface area contributed by atoms with E-state index >= 15 is 0 Å². The molecular formula is C15H18N6O2S2. The number of carbonyl (C=O) groups is 2. The predicted octanol–water partition coefficient (Wildman–Crippen LogP) is 1.32. The molecule has 0 radical (unpaired) electrons. The van der Waals surface area contributed by atoms with Crippen molar-refractivity contribution in [2.45, 2.75) is 28.2 Å². The Hall–Kier alpha value is -2.20. The first kappa shape index (κ1) is 17.6. The second-order valence-corrected chi connectivity index (χ2v) is 7.64. The number of rotatable bonds is 6. The van der Waals surface area contributed by atoms with Gasteiger partial charge in [-0.15, -0.1) is 10.2 Å². The van der Waals surface area contributed by atoms with E-state index in [1.165, 1.54) is 33.1 Å². The maximum atomic E-state index is 12.3. The Balaban J connectivity index is 1.60. The number of nitrogens with two attached hydrogens (primary N) is 1. The SMILES string of the molecule is C[C@H](Sc1nnc(SCc2ccccc2)n1N)C(=O)N1CCNC1=O. The molecule has 1 aromatic carbocycles. The van der Waals surface area contributed by atoms with Crippen molar-refractivity contribution in [3.8, 4) is 0 Å². The lowest BCUT2D eigenvalue weighted by Gasteiger charge is -2.16. The molecule has 1 aromatic heterocycles. The number of thioether (sulfide) groups is 2. The summed E-state index contributed by atoms with van der Waals surface area (Å²) in [5.41, 5.74) is 1.16. The molecular weight excluding hydrogens is 360 g/mol. The van der Waals surface area contributed by atoms with Crippen LogP contribution in [-0.2, 0) is 10.5 Å². The average Bonchev–Trinajstić information content (AvgIpc) is 3.20. The molecule has 0 unspecified atom stereocenters. The second kappa shape index (κ2) is 7.79. The molecule has 10 heteroatoms. The van der Waals surface area contributed by atoms with E-state index in [0.29, 0.717) is 23.4 Å². The zero-order chi connectivity index (χ0) is 17.8. The first-order valence-corrected chi connectivity index (χ1v) is 9.56. The number of hydrogen-bond acceptors (Lipinski definition) is 7. The molecule has 0 aliphatic carbocycles. The number of nitrogen functional groups attached to an aromatic ring is 1. The monoisotopic (exact) mass is 378 g/mol. The minimum Gasteiger partial charge on any atom is -0.336 e. The van der Waals surface area contributed by atoms with Crippen molar-refractivity contribution in [3.63, 3.8) is 0 Å². The highest BCUT2D eigenvalue weighted by molar-refractivity contribution is 8.00. The zero-order valence-electron chi connectivity index (χ0n) is 13.6. The van der Waals surface area contributed by atoms with Crippen molar-refractivity contribution in [1.82, 2.24) is 25.1 Å². The van der Waals surface area contributed by atoms with Gasteiger partial charge in [0.25, 0.3) is 0 Å². The number of hydrogen-bond donors (Lipinski definition) is 2. The summed E-state index contributed by atoms with van der Waals surface area (Å²) in [6.45, 7) is 2.59. The number of aromatic nitrogens is 3. The fraction of sp³-hybridized carbons (Fsp3) is 0.333. The van der Waals surface area contributed by atoms with Gasteiger partial charge < -0.3 is 11.2 Å². The van der Waals surface area contributed by atoms with Crippen molar-refractivity contribution in [3.05, 3.63) is 35.9 Å². The number of nitrogens with one attached hydrogen (secondary N) is 1. The zero-order valence-corrected chi connectivity index (χ0v) is 15.2. The normalized spacial score (nSPS) is 15.2. The largest absolute Gasteiger partial charge is 0.336 e. The van der Waals surface area contributed by atoms with E-state index in [2.05, 4.69) is 15.5 Å². The maximum Gasteiger partial charge on any atom is 0.324 e. The molecule has 3 N–H and O–H groups in total. The third kappa shape index (κ3) is 4.07. The lowest BCUT2D eigenvalue weighted by molar-refractivity contribution is -0.126. The number of amides is 3. The van der Waals surface area contributed by atoms with E-state index in [1.54, 1.807) is 6.92 Å². The molecule has 3 rings (SSSR count). The van der Waals surface area contributed by atoms with Gasteiger partial charge in [0.05, 0.1) is 5.25 Å². The van der Waals surface area contributed by atoms with Gasteiger partial charge in [0, 0.05) is 18.8 Å². The van der Waals surface area contributed by atoms with Crippen molar-refractivity contribution in [1.29, 1.82) is 0 Å². The van der Waals surface area contributed by atoms with Gasteiger partial charge in [0.2, 0.25) is 16.2 Å². The van der Waals surface area contributed by atoms with Crippen LogP contribution in [0.1, 0.15) is 12.5 Å². The number of benzene rings is 1. The molecule has 132 valence electrons. The molecule has 0 bridgehead atoms. The molecule has 2 heterocycles. The van der Waals surface area contributed by atoms with Crippen LogP contribution < -0.4 is 11.2 Å². The minimum atomic E-state index is -0.484. The van der Waals surface area contributed by atoms with Crippen LogP contribution in [0.15, 0.2) is 40.6 Å². The van der Waals surface area contributed by atoms with Crippen LogP contribution in [0.4, 0.5) is 4.79 Å². The van der Waals surface area contributed by atoms with Gasteiger partial charge in [-0.05, 0) is 12.5 Å². The van der Waals surface area contributed by atoms with Gasteiger partial charge in [0.15, 0.2) is 0 Å². The van der Waals surface area contributed by atoms with E-state index in [0.717, 1.165) is 11.3 Å². The lowest BCUT2D eigenvalue weighted by Crippen LogP contribution is -2.39. The topological polar surface area (TPSA) is 106 Å². The van der Waals surface area contributed by atoms with Crippen LogP contribution in [0.5, 0.6) is 0 Å². The number of imide groups is 1. The third-order valence-electron chi connectivity index (χ3n) is 3.60. The minimum absolute atomic E-state index is 0.263. The number of nitrogens with zero attached hydrogens (tertiary/aromatic N) is 4. The number of carbonyl (C=O) groups excluding carboxylic acids is 2. The van der Waals surface area contributed by atoms with Crippen molar-refractivity contribution in [2.75, 3.05) is 18.9 Å². The Kier molecular flexibility index (Phi) is 5.49. The molecule has 25 heavy (non-hydrogen) atoms. The standard InChI is InChI=1S/C15H18N6O2S2/c1-10(12(22)20-8-7-17-13(20)23)25-15-19-18-14(21(15)16)24-9-11-5-3-2-4-6-11/h2-6,10H,7-9,16H2,1H3,(H,17,23)/t10-/m0/s1. The van der Waals surface area contributed by atoms with E-state index < -0.39 is 5.25 Å². The van der Waals surface area contributed by atoms with E-state index in [1.807, 2.05) is 30.3 Å². The van der Waals surface area contributed by atoms with Crippen LogP contribution >= 0.6 is 23.5 Å². The summed E-state index contributed by atoms with van der Waals surface area (Å²) < 4.78 is 1.38. The lowest BCUT2D eigenvalue weighted by atomic mass is 10.2. The Bertz CT molecular complexity index is 767. The highest BCUT2D eigenvalue weighted by Gasteiger charge is 2.31. The summed E-state index contributed by atoms with van der Waals surface area (Å²) in [6, 6.07) is 9.63. The summed E-state index contributed by atoms with van der Waals surface area (Å²) >= 11 is 2.66. The van der Waals surface area contributed by atoms with Crippen LogP contribution in [0.25, 0.3) is 0 Å². The van der Waals surface area contributed by atoms with Gasteiger partial charge in [-0.25, -0.2) is 9.47 Å². The van der Waals surface area contributed by atoms with Crippen LogP contribution in [0, 0.1) is 0 Å². The predicted molar refractivity (Wildman–Crippen MR) is 96.6 cm³/mol. The Morgan fingerprint density at radius 2 is 2.04 bits per heavy atom. The number of urea groups is 1. The van der Waals surface area contributed by atoms with Gasteiger partial charge in [-0.1, -0.05) is 53.9 Å². The first-order chi connectivity index (χ1) is 12.1. The first-order valence-electron chi connectivity index (χ1n) is 7.69. The Morgan fingerprint density at radius 3 is 2.72 bits per heavy atom. The second-order valence-electron chi connectivity index (χ2n) is 5.39. The highest BCUT2D eigenvalue weighted by atomic mass is 32.2. The molecule has 1 fully saturated rings. The molecule has 0 spiro atoms. The highest BCUT2D eigenvalue weighted by Crippen LogP contribution is 2.27. The fourth-order valence-corrected chi connectivity index (χ4v) is 3.98.